The third-order valence-electron chi connectivity index (χ3n) is 7.92. The molecule has 0 amide bonds. The van der Waals surface area contributed by atoms with Gasteiger partial charge in [-0.3, -0.25) is 0 Å². The summed E-state index contributed by atoms with van der Waals surface area (Å²) in [5, 5.41) is 12.8. The van der Waals surface area contributed by atoms with Crippen LogP contribution in [0.2, 0.25) is 0 Å². The van der Waals surface area contributed by atoms with Crippen LogP contribution in [-0.4, -0.2) is 10.3 Å². The number of rotatable bonds is 2. The Morgan fingerprint density at radius 3 is 1.67 bits per heavy atom. The molecule has 0 spiro atoms. The van der Waals surface area contributed by atoms with Crippen molar-refractivity contribution in [2.24, 2.45) is 0 Å². The van der Waals surface area contributed by atoms with Crippen molar-refractivity contribution in [3.63, 3.8) is 0 Å². The Morgan fingerprint density at radius 1 is 0.524 bits per heavy atom. The molecular formula is C40H39FeP-6. The maximum Gasteiger partial charge on any atom is 0 e. The van der Waals surface area contributed by atoms with Crippen molar-refractivity contribution < 1.29 is 17.1 Å². The van der Waals surface area contributed by atoms with E-state index in [9.17, 15) is 0 Å². The summed E-state index contributed by atoms with van der Waals surface area (Å²) in [6.45, 7) is 14.1. The van der Waals surface area contributed by atoms with Gasteiger partial charge in [-0.25, -0.2) is 12.1 Å². The first-order chi connectivity index (χ1) is 19.6. The summed E-state index contributed by atoms with van der Waals surface area (Å²) >= 11 is 0. The van der Waals surface area contributed by atoms with Crippen LogP contribution in [0.15, 0.2) is 127 Å². The first kappa shape index (κ1) is 30.3. The van der Waals surface area contributed by atoms with Gasteiger partial charge in [-0.2, -0.15) is 24.3 Å². The van der Waals surface area contributed by atoms with Gasteiger partial charge in [0.2, 0.25) is 0 Å². The number of benzene rings is 5. The van der Waals surface area contributed by atoms with E-state index in [0.717, 1.165) is 0 Å². The molecule has 0 heterocycles. The van der Waals surface area contributed by atoms with Crippen LogP contribution >= 0.6 is 7.92 Å². The molecule has 7 rings (SSSR count). The standard InChI is InChI=1S/C27H17.C13H22P.Fe/c1-2-8-18(7-1)27-23-12-6-5-11-21(23)17-26-24(27)14-13-22-15-19-9-3-4-10-20(19)16-25(22)26;1-12(2,3)14(13(4,5)6)11-9-7-8-10-11;/h1-17H;7-10H,1-6H3;/q-5;-1;. The second-order valence-electron chi connectivity index (χ2n) is 13.0. The summed E-state index contributed by atoms with van der Waals surface area (Å²) in [5.41, 5.74) is 2.63. The normalized spacial score (nSPS) is 12.1. The Labute approximate surface area is 262 Å². The Bertz CT molecular complexity index is 1930. The van der Waals surface area contributed by atoms with Crippen LogP contribution in [0.25, 0.3) is 54.2 Å². The summed E-state index contributed by atoms with van der Waals surface area (Å²) in [4.78, 5) is 0. The minimum atomic E-state index is -0.101. The largest absolute Gasteiger partial charge is 0.641 e. The molecule has 0 saturated carbocycles. The Kier molecular flexibility index (Phi) is 8.51. The molecule has 0 atom stereocenters. The van der Waals surface area contributed by atoms with Crippen molar-refractivity contribution in [3.05, 3.63) is 127 Å². The molecule has 42 heavy (non-hydrogen) atoms. The van der Waals surface area contributed by atoms with Crippen LogP contribution in [0, 0.1) is 0 Å². The molecule has 0 fully saturated rings. The Balaban J connectivity index is 0.000000202. The zero-order valence-electron chi connectivity index (χ0n) is 25.4. The molecule has 0 radical (unpaired) electrons. The zero-order valence-corrected chi connectivity index (χ0v) is 27.4. The average Bonchev–Trinajstić information content (AvgIpc) is 3.64. The van der Waals surface area contributed by atoms with Crippen molar-refractivity contribution in [3.8, 4) is 11.1 Å². The summed E-state index contributed by atoms with van der Waals surface area (Å²) < 4.78 is 0. The molecule has 0 saturated heterocycles. The van der Waals surface area contributed by atoms with Gasteiger partial charge in [0.15, 0.2) is 0 Å². The van der Waals surface area contributed by atoms with E-state index in [1.807, 2.05) is 0 Å². The SMILES string of the molecule is CC(C)(C)P([c-]1cccc1)C(C)(C)C.[Fe].c1ccc2cc3c(ccc4c(-[c-]5[cH-][cH-][cH-][cH-]5)c5ccccc5cc43)cc2c1. The topological polar surface area (TPSA) is 0 Å². The van der Waals surface area contributed by atoms with Gasteiger partial charge in [-0.15, -0.1) is 24.0 Å². The van der Waals surface area contributed by atoms with E-state index in [2.05, 4.69) is 169 Å². The third kappa shape index (κ3) is 5.84. The molecule has 0 nitrogen and oxygen atoms in total. The second-order valence-corrected chi connectivity index (χ2v) is 16.9. The van der Waals surface area contributed by atoms with E-state index in [4.69, 9.17) is 0 Å². The molecule has 0 aliphatic rings. The van der Waals surface area contributed by atoms with Gasteiger partial charge in [-0.1, -0.05) is 96.1 Å². The monoisotopic (exact) mass is 606 g/mol. The molecule has 7 aromatic rings. The maximum absolute atomic E-state index is 2.36. The van der Waals surface area contributed by atoms with Crippen molar-refractivity contribution in [1.29, 1.82) is 0 Å². The van der Waals surface area contributed by atoms with Gasteiger partial charge < -0.3 is 46.2 Å². The number of fused-ring (bicyclic) bond motifs is 5. The molecule has 0 aromatic heterocycles. The fourth-order valence-corrected chi connectivity index (χ4v) is 10.7. The Hall–Kier alpha value is -3.21. The van der Waals surface area contributed by atoms with Crippen molar-refractivity contribution in [1.82, 2.24) is 0 Å². The summed E-state index contributed by atoms with van der Waals surface area (Å²) in [6.07, 6.45) is 0. The smallest absolute Gasteiger partial charge is 0 e. The molecule has 0 aliphatic carbocycles. The summed E-state index contributed by atoms with van der Waals surface area (Å²) in [6, 6.07) is 46.4. The molecule has 218 valence electrons. The molecule has 0 unspecified atom stereocenters. The quantitative estimate of drug-likeness (QED) is 0.0604. The fraction of sp³-hybridized carbons (Fsp3) is 0.200. The number of hydrogen-bond acceptors (Lipinski definition) is 0. The van der Waals surface area contributed by atoms with E-state index in [0.29, 0.717) is 10.3 Å². The average molecular weight is 607 g/mol. The summed E-state index contributed by atoms with van der Waals surface area (Å²) in [7, 11) is -0.101. The van der Waals surface area contributed by atoms with Gasteiger partial charge in [0, 0.05) is 17.1 Å². The Morgan fingerprint density at radius 2 is 1.05 bits per heavy atom. The molecule has 0 aliphatic heterocycles. The minimum Gasteiger partial charge on any atom is -0.641 e. The van der Waals surface area contributed by atoms with Crippen LogP contribution in [0.4, 0.5) is 0 Å². The van der Waals surface area contributed by atoms with E-state index < -0.39 is 0 Å². The maximum atomic E-state index is 2.36. The van der Waals surface area contributed by atoms with Gasteiger partial charge in [0.05, 0.1) is 0 Å². The van der Waals surface area contributed by atoms with Crippen LogP contribution in [0.3, 0.4) is 0 Å². The molecule has 7 aromatic carbocycles. The number of hydrogen-bond donors (Lipinski definition) is 0. The van der Waals surface area contributed by atoms with Gasteiger partial charge in [0.1, 0.15) is 0 Å². The predicted octanol–water partition coefficient (Wildman–Crippen LogP) is 11.8. The molecular weight excluding hydrogens is 567 g/mol. The first-order valence-electron chi connectivity index (χ1n) is 14.6. The van der Waals surface area contributed by atoms with E-state index >= 15 is 0 Å². The first-order valence-corrected chi connectivity index (χ1v) is 16.0. The van der Waals surface area contributed by atoms with Crippen LogP contribution in [0.1, 0.15) is 41.5 Å². The van der Waals surface area contributed by atoms with Crippen LogP contribution in [0.5, 0.6) is 0 Å². The van der Waals surface area contributed by atoms with Crippen molar-refractivity contribution in [2.75, 3.05) is 0 Å². The summed E-state index contributed by atoms with van der Waals surface area (Å²) in [5.74, 6) is 0. The fourth-order valence-electron chi connectivity index (χ4n) is 6.71. The van der Waals surface area contributed by atoms with Crippen molar-refractivity contribution >= 4 is 56.3 Å². The van der Waals surface area contributed by atoms with E-state index in [1.54, 1.807) is 5.30 Å². The minimum absolute atomic E-state index is 0. The van der Waals surface area contributed by atoms with Gasteiger partial charge in [-0.05, 0) is 44.0 Å². The van der Waals surface area contributed by atoms with Gasteiger partial charge in [0.25, 0.3) is 0 Å². The molecule has 0 N–H and O–H groups in total. The van der Waals surface area contributed by atoms with E-state index in [-0.39, 0.29) is 25.0 Å². The van der Waals surface area contributed by atoms with Crippen molar-refractivity contribution in [2.45, 2.75) is 51.9 Å². The molecule has 0 bridgehead atoms. The second kappa shape index (κ2) is 11.8. The predicted molar refractivity (Wildman–Crippen MR) is 186 cm³/mol. The van der Waals surface area contributed by atoms with E-state index in [1.165, 1.54) is 54.2 Å². The van der Waals surface area contributed by atoms with Gasteiger partial charge >= 0.3 is 0 Å². The third-order valence-corrected chi connectivity index (χ3v) is 11.4. The molecule has 2 heteroatoms. The van der Waals surface area contributed by atoms with Crippen LogP contribution < -0.4 is 5.30 Å². The van der Waals surface area contributed by atoms with Crippen LogP contribution in [-0.2, 0) is 17.1 Å². The zero-order chi connectivity index (χ0) is 28.8.